The predicted molar refractivity (Wildman–Crippen MR) is 75.9 cm³/mol. The number of fused-ring (bicyclic) bond motifs is 1. The van der Waals surface area contributed by atoms with Crippen LogP contribution >= 0.6 is 11.3 Å². The van der Waals surface area contributed by atoms with E-state index in [0.29, 0.717) is 6.54 Å². The summed E-state index contributed by atoms with van der Waals surface area (Å²) >= 11 is 1.50. The predicted octanol–water partition coefficient (Wildman–Crippen LogP) is 1.47. The Bertz CT molecular complexity index is 632. The van der Waals surface area contributed by atoms with Crippen LogP contribution in [0.25, 0.3) is 4.96 Å². The SMILES string of the molecule is Cc1cn2c(CC(=O)NCC(C)CC(=O)O)csc2n1. The molecule has 0 fully saturated rings. The first-order valence-corrected chi connectivity index (χ1v) is 7.24. The summed E-state index contributed by atoms with van der Waals surface area (Å²) in [5.41, 5.74) is 1.82. The molecule has 1 amide bonds. The maximum Gasteiger partial charge on any atom is 0.303 e. The number of aliphatic carboxylic acids is 1. The van der Waals surface area contributed by atoms with Crippen molar-refractivity contribution in [3.05, 3.63) is 23.0 Å². The average molecular weight is 295 g/mol. The molecular formula is C13H17N3O3S. The van der Waals surface area contributed by atoms with Crippen LogP contribution in [-0.2, 0) is 16.0 Å². The fourth-order valence-corrected chi connectivity index (χ4v) is 2.87. The Morgan fingerprint density at radius 1 is 1.55 bits per heavy atom. The van der Waals surface area contributed by atoms with Gasteiger partial charge in [0.25, 0.3) is 0 Å². The highest BCUT2D eigenvalue weighted by Gasteiger charge is 2.12. The largest absolute Gasteiger partial charge is 0.481 e. The Morgan fingerprint density at radius 3 is 3.00 bits per heavy atom. The van der Waals surface area contributed by atoms with Gasteiger partial charge in [0, 0.05) is 30.2 Å². The number of rotatable bonds is 6. The average Bonchev–Trinajstić information content (AvgIpc) is 2.87. The third-order valence-corrected chi connectivity index (χ3v) is 3.80. The smallest absolute Gasteiger partial charge is 0.303 e. The highest BCUT2D eigenvalue weighted by molar-refractivity contribution is 7.15. The number of hydrogen-bond donors (Lipinski definition) is 2. The molecule has 0 aromatic carbocycles. The van der Waals surface area contributed by atoms with E-state index in [9.17, 15) is 9.59 Å². The minimum atomic E-state index is -0.847. The van der Waals surface area contributed by atoms with Crippen molar-refractivity contribution in [2.45, 2.75) is 26.7 Å². The van der Waals surface area contributed by atoms with Gasteiger partial charge in [-0.15, -0.1) is 11.3 Å². The first kappa shape index (κ1) is 14.5. The van der Waals surface area contributed by atoms with Gasteiger partial charge in [0.05, 0.1) is 12.1 Å². The lowest BCUT2D eigenvalue weighted by molar-refractivity contribution is -0.138. The molecule has 0 saturated carbocycles. The molecule has 6 nitrogen and oxygen atoms in total. The fraction of sp³-hybridized carbons (Fsp3) is 0.462. The molecule has 0 spiro atoms. The number of imidazole rings is 1. The zero-order valence-electron chi connectivity index (χ0n) is 11.4. The number of thiazole rings is 1. The molecule has 2 heterocycles. The van der Waals surface area contributed by atoms with Gasteiger partial charge in [-0.3, -0.25) is 14.0 Å². The summed E-state index contributed by atoms with van der Waals surface area (Å²) in [6, 6.07) is 0. The fourth-order valence-electron chi connectivity index (χ4n) is 1.95. The number of aromatic nitrogens is 2. The molecule has 0 bridgehead atoms. The standard InChI is InChI=1S/C13H17N3O3S/c1-8(3-12(18)19)5-14-11(17)4-10-7-20-13-15-9(2)6-16(10)13/h6-8H,3-5H2,1-2H3,(H,14,17)(H,18,19). The Kier molecular flexibility index (Phi) is 4.39. The van der Waals surface area contributed by atoms with E-state index in [-0.39, 0.29) is 24.7 Å². The summed E-state index contributed by atoms with van der Waals surface area (Å²) in [5.74, 6) is -1.03. The second-order valence-electron chi connectivity index (χ2n) is 4.95. The summed E-state index contributed by atoms with van der Waals surface area (Å²) in [4.78, 5) is 27.6. The third-order valence-electron chi connectivity index (χ3n) is 2.92. The van der Waals surface area contributed by atoms with Crippen LogP contribution in [0.2, 0.25) is 0 Å². The van der Waals surface area contributed by atoms with Gasteiger partial charge in [-0.25, -0.2) is 4.98 Å². The van der Waals surface area contributed by atoms with Crippen molar-refractivity contribution in [3.8, 4) is 0 Å². The summed E-state index contributed by atoms with van der Waals surface area (Å²) in [6.07, 6.45) is 2.24. The van der Waals surface area contributed by atoms with E-state index in [1.54, 1.807) is 6.92 Å². The van der Waals surface area contributed by atoms with Crippen LogP contribution in [-0.4, -0.2) is 32.9 Å². The molecular weight excluding hydrogens is 278 g/mol. The number of carbonyl (C=O) groups excluding carboxylic acids is 1. The van der Waals surface area contributed by atoms with Gasteiger partial charge in [-0.2, -0.15) is 0 Å². The zero-order chi connectivity index (χ0) is 14.7. The molecule has 0 aliphatic carbocycles. The summed E-state index contributed by atoms with van der Waals surface area (Å²) in [5, 5.41) is 13.3. The number of carboxylic acid groups (broad SMARTS) is 1. The summed E-state index contributed by atoms with van der Waals surface area (Å²) in [7, 11) is 0. The van der Waals surface area contributed by atoms with Gasteiger partial charge in [-0.1, -0.05) is 6.92 Å². The Balaban J connectivity index is 1.89. The van der Waals surface area contributed by atoms with Crippen molar-refractivity contribution in [2.75, 3.05) is 6.54 Å². The molecule has 2 rings (SSSR count). The lowest BCUT2D eigenvalue weighted by atomic mass is 10.1. The van der Waals surface area contributed by atoms with E-state index in [1.165, 1.54) is 11.3 Å². The molecule has 108 valence electrons. The van der Waals surface area contributed by atoms with Crippen molar-refractivity contribution < 1.29 is 14.7 Å². The quantitative estimate of drug-likeness (QED) is 0.845. The number of carboxylic acids is 1. The van der Waals surface area contributed by atoms with Crippen LogP contribution < -0.4 is 5.32 Å². The molecule has 1 atom stereocenters. The lowest BCUT2D eigenvalue weighted by Crippen LogP contribution is -2.30. The highest BCUT2D eigenvalue weighted by atomic mass is 32.1. The van der Waals surface area contributed by atoms with E-state index in [1.807, 2.05) is 22.9 Å². The van der Waals surface area contributed by atoms with Crippen molar-refractivity contribution >= 4 is 28.2 Å². The van der Waals surface area contributed by atoms with E-state index < -0.39 is 5.97 Å². The molecule has 2 aromatic heterocycles. The van der Waals surface area contributed by atoms with Crippen LogP contribution in [0.3, 0.4) is 0 Å². The van der Waals surface area contributed by atoms with Crippen LogP contribution in [0.15, 0.2) is 11.6 Å². The number of nitrogens with zero attached hydrogens (tertiary/aromatic N) is 2. The zero-order valence-corrected chi connectivity index (χ0v) is 12.2. The minimum absolute atomic E-state index is 0.0592. The first-order valence-electron chi connectivity index (χ1n) is 6.36. The monoisotopic (exact) mass is 295 g/mol. The molecule has 2 aromatic rings. The third kappa shape index (κ3) is 3.57. The molecule has 0 radical (unpaired) electrons. The van der Waals surface area contributed by atoms with Crippen molar-refractivity contribution in [2.24, 2.45) is 5.92 Å². The molecule has 0 aliphatic rings. The van der Waals surface area contributed by atoms with Gasteiger partial charge in [0.1, 0.15) is 0 Å². The molecule has 1 unspecified atom stereocenters. The van der Waals surface area contributed by atoms with Crippen LogP contribution in [0, 0.1) is 12.8 Å². The van der Waals surface area contributed by atoms with Crippen molar-refractivity contribution in [1.29, 1.82) is 0 Å². The van der Waals surface area contributed by atoms with Crippen LogP contribution in [0.1, 0.15) is 24.7 Å². The Hall–Kier alpha value is -1.89. The van der Waals surface area contributed by atoms with Gasteiger partial charge >= 0.3 is 5.97 Å². The minimum Gasteiger partial charge on any atom is -0.481 e. The second-order valence-corrected chi connectivity index (χ2v) is 5.78. The van der Waals surface area contributed by atoms with Crippen molar-refractivity contribution in [1.82, 2.24) is 14.7 Å². The highest BCUT2D eigenvalue weighted by Crippen LogP contribution is 2.16. The Morgan fingerprint density at radius 2 is 2.30 bits per heavy atom. The number of carbonyl (C=O) groups is 2. The molecule has 20 heavy (non-hydrogen) atoms. The van der Waals surface area contributed by atoms with Gasteiger partial charge in [0.15, 0.2) is 4.96 Å². The number of nitrogens with one attached hydrogen (secondary N) is 1. The lowest BCUT2D eigenvalue weighted by Gasteiger charge is -2.10. The van der Waals surface area contributed by atoms with Crippen LogP contribution in [0.5, 0.6) is 0 Å². The first-order chi connectivity index (χ1) is 9.45. The van der Waals surface area contributed by atoms with E-state index in [2.05, 4.69) is 10.3 Å². The van der Waals surface area contributed by atoms with E-state index >= 15 is 0 Å². The van der Waals surface area contributed by atoms with E-state index in [4.69, 9.17) is 5.11 Å². The molecule has 0 saturated heterocycles. The molecule has 0 aliphatic heterocycles. The van der Waals surface area contributed by atoms with Crippen LogP contribution in [0.4, 0.5) is 0 Å². The van der Waals surface area contributed by atoms with Gasteiger partial charge < -0.3 is 10.4 Å². The van der Waals surface area contributed by atoms with E-state index in [0.717, 1.165) is 16.3 Å². The number of amides is 1. The second kappa shape index (κ2) is 6.04. The topological polar surface area (TPSA) is 83.7 Å². The maximum atomic E-state index is 11.9. The van der Waals surface area contributed by atoms with Crippen molar-refractivity contribution in [3.63, 3.8) is 0 Å². The maximum absolute atomic E-state index is 11.9. The molecule has 2 N–H and O–H groups in total. The normalized spacial score (nSPS) is 12.5. The number of hydrogen-bond acceptors (Lipinski definition) is 4. The summed E-state index contributed by atoms with van der Waals surface area (Å²) < 4.78 is 1.92. The number of aryl methyl sites for hydroxylation is 1. The summed E-state index contributed by atoms with van der Waals surface area (Å²) in [6.45, 7) is 4.09. The van der Waals surface area contributed by atoms with Gasteiger partial charge in [-0.05, 0) is 12.8 Å². The molecule has 7 heteroatoms. The Labute approximate surface area is 120 Å². The van der Waals surface area contributed by atoms with Gasteiger partial charge in [0.2, 0.25) is 5.91 Å².